The molecule has 1 aliphatic rings. The Morgan fingerprint density at radius 2 is 1.86 bits per heavy atom. The van der Waals surface area contributed by atoms with Gasteiger partial charge in [-0.1, -0.05) is 30.3 Å². The summed E-state index contributed by atoms with van der Waals surface area (Å²) in [5.74, 6) is 1.95. The van der Waals surface area contributed by atoms with E-state index in [1.165, 1.54) is 0 Å². The molecule has 0 radical (unpaired) electrons. The number of hydrogen-bond acceptors (Lipinski definition) is 3. The third-order valence-corrected chi connectivity index (χ3v) is 4.05. The van der Waals surface area contributed by atoms with Crippen molar-refractivity contribution in [2.24, 2.45) is 0 Å². The standard InChI is InChI=1S/C18H18O3/c1-20-15-10-14(19)11-16(13-6-3-2-4-7-13)17(12-15)18-8-5-9-21-18/h2-10,16-17H,11-12H2,1H3/t16-,17-/m1/s1. The molecular formula is C18H18O3. The van der Waals surface area contributed by atoms with Crippen molar-refractivity contribution in [2.45, 2.75) is 24.7 Å². The van der Waals surface area contributed by atoms with E-state index in [0.29, 0.717) is 12.8 Å². The molecule has 2 atom stereocenters. The first-order valence-corrected chi connectivity index (χ1v) is 7.13. The molecule has 0 saturated heterocycles. The molecule has 3 nitrogen and oxygen atoms in total. The summed E-state index contributed by atoms with van der Waals surface area (Å²) in [5, 5.41) is 0. The fraction of sp³-hybridized carbons (Fsp3) is 0.278. The van der Waals surface area contributed by atoms with Gasteiger partial charge in [-0.05, 0) is 17.7 Å². The summed E-state index contributed by atoms with van der Waals surface area (Å²) in [4.78, 5) is 12.2. The predicted molar refractivity (Wildman–Crippen MR) is 80.0 cm³/mol. The van der Waals surface area contributed by atoms with Crippen LogP contribution >= 0.6 is 0 Å². The molecule has 1 aliphatic carbocycles. The van der Waals surface area contributed by atoms with Crippen LogP contribution in [0.25, 0.3) is 0 Å². The van der Waals surface area contributed by atoms with Crippen LogP contribution in [0.5, 0.6) is 0 Å². The summed E-state index contributed by atoms with van der Waals surface area (Å²) in [6, 6.07) is 14.0. The Labute approximate surface area is 124 Å². The Morgan fingerprint density at radius 1 is 1.05 bits per heavy atom. The topological polar surface area (TPSA) is 39.4 Å². The fourth-order valence-corrected chi connectivity index (χ4v) is 3.01. The van der Waals surface area contributed by atoms with Crippen molar-refractivity contribution in [1.82, 2.24) is 0 Å². The predicted octanol–water partition coefficient (Wildman–Crippen LogP) is 4.04. The van der Waals surface area contributed by atoms with Gasteiger partial charge in [-0.25, -0.2) is 0 Å². The zero-order valence-corrected chi connectivity index (χ0v) is 12.0. The molecule has 2 aromatic rings. The minimum absolute atomic E-state index is 0.105. The fourth-order valence-electron chi connectivity index (χ4n) is 3.01. The third kappa shape index (κ3) is 2.92. The molecule has 0 bridgehead atoms. The second kappa shape index (κ2) is 6.00. The molecule has 0 saturated carbocycles. The van der Waals surface area contributed by atoms with Gasteiger partial charge in [-0.2, -0.15) is 0 Å². The van der Waals surface area contributed by atoms with Crippen LogP contribution < -0.4 is 0 Å². The Kier molecular flexibility index (Phi) is 3.91. The summed E-state index contributed by atoms with van der Waals surface area (Å²) < 4.78 is 11.0. The zero-order valence-electron chi connectivity index (χ0n) is 12.0. The summed E-state index contributed by atoms with van der Waals surface area (Å²) in [6.07, 6.45) is 4.46. The zero-order chi connectivity index (χ0) is 14.7. The van der Waals surface area contributed by atoms with E-state index in [4.69, 9.17) is 9.15 Å². The quantitative estimate of drug-likeness (QED) is 0.853. The van der Waals surface area contributed by atoms with E-state index in [0.717, 1.165) is 17.1 Å². The minimum atomic E-state index is 0.105. The van der Waals surface area contributed by atoms with Gasteiger partial charge in [0.15, 0.2) is 5.78 Å². The van der Waals surface area contributed by atoms with E-state index in [1.54, 1.807) is 19.4 Å². The first kappa shape index (κ1) is 13.7. The number of benzene rings is 1. The summed E-state index contributed by atoms with van der Waals surface area (Å²) in [5.41, 5.74) is 1.16. The molecule has 108 valence electrons. The Balaban J connectivity index is 2.01. The van der Waals surface area contributed by atoms with Crippen LogP contribution in [0.2, 0.25) is 0 Å². The molecule has 1 aromatic carbocycles. The largest absolute Gasteiger partial charge is 0.501 e. The van der Waals surface area contributed by atoms with Gasteiger partial charge in [-0.3, -0.25) is 4.79 Å². The van der Waals surface area contributed by atoms with Crippen LogP contribution in [-0.2, 0) is 9.53 Å². The molecule has 1 heterocycles. The molecule has 0 fully saturated rings. The Morgan fingerprint density at radius 3 is 2.52 bits per heavy atom. The second-order valence-corrected chi connectivity index (χ2v) is 5.33. The highest BCUT2D eigenvalue weighted by Crippen LogP contribution is 2.42. The smallest absolute Gasteiger partial charge is 0.159 e. The monoisotopic (exact) mass is 282 g/mol. The van der Waals surface area contributed by atoms with Gasteiger partial charge in [0.2, 0.25) is 0 Å². The maximum absolute atomic E-state index is 12.2. The number of rotatable bonds is 3. The molecule has 3 rings (SSSR count). The van der Waals surface area contributed by atoms with Crippen LogP contribution in [0.4, 0.5) is 0 Å². The molecule has 0 unspecified atom stereocenters. The van der Waals surface area contributed by atoms with E-state index in [-0.39, 0.29) is 17.6 Å². The van der Waals surface area contributed by atoms with E-state index < -0.39 is 0 Å². The van der Waals surface area contributed by atoms with E-state index in [2.05, 4.69) is 12.1 Å². The number of hydrogen-bond donors (Lipinski definition) is 0. The van der Waals surface area contributed by atoms with E-state index >= 15 is 0 Å². The van der Waals surface area contributed by atoms with Crippen molar-refractivity contribution < 1.29 is 13.9 Å². The average Bonchev–Trinajstić information content (AvgIpc) is 2.98. The minimum Gasteiger partial charge on any atom is -0.501 e. The number of carbonyl (C=O) groups is 1. The van der Waals surface area contributed by atoms with Crippen molar-refractivity contribution in [3.8, 4) is 0 Å². The maximum Gasteiger partial charge on any atom is 0.159 e. The lowest BCUT2D eigenvalue weighted by atomic mass is 9.80. The molecule has 0 amide bonds. The van der Waals surface area contributed by atoms with Gasteiger partial charge in [-0.15, -0.1) is 0 Å². The maximum atomic E-state index is 12.2. The van der Waals surface area contributed by atoms with Crippen LogP contribution in [0, 0.1) is 0 Å². The SMILES string of the molecule is COC1=CC(=O)C[C@H](c2ccccc2)[C@H](c2ccco2)C1. The lowest BCUT2D eigenvalue weighted by molar-refractivity contribution is -0.115. The number of carbonyl (C=O) groups excluding carboxylic acids is 1. The normalized spacial score (nSPS) is 22.5. The molecule has 1 aromatic heterocycles. The van der Waals surface area contributed by atoms with Crippen LogP contribution in [0.15, 0.2) is 65.0 Å². The van der Waals surface area contributed by atoms with Gasteiger partial charge in [0, 0.05) is 30.8 Å². The molecule has 0 spiro atoms. The van der Waals surface area contributed by atoms with Gasteiger partial charge >= 0.3 is 0 Å². The lowest BCUT2D eigenvalue weighted by Crippen LogP contribution is -2.12. The van der Waals surface area contributed by atoms with Gasteiger partial charge in [0.1, 0.15) is 5.76 Å². The summed E-state index contributed by atoms with van der Waals surface area (Å²) in [7, 11) is 1.61. The first-order valence-electron chi connectivity index (χ1n) is 7.13. The number of methoxy groups -OCH3 is 1. The molecule has 0 aliphatic heterocycles. The van der Waals surface area contributed by atoms with Gasteiger partial charge in [0.05, 0.1) is 19.1 Å². The van der Waals surface area contributed by atoms with Crippen molar-refractivity contribution in [3.63, 3.8) is 0 Å². The molecule has 0 N–H and O–H groups in total. The van der Waals surface area contributed by atoms with Crippen LogP contribution in [-0.4, -0.2) is 12.9 Å². The third-order valence-electron chi connectivity index (χ3n) is 4.05. The van der Waals surface area contributed by atoms with Crippen LogP contribution in [0.1, 0.15) is 36.0 Å². The molecule has 21 heavy (non-hydrogen) atoms. The highest BCUT2D eigenvalue weighted by molar-refractivity contribution is 5.91. The number of allylic oxidation sites excluding steroid dienone is 2. The highest BCUT2D eigenvalue weighted by Gasteiger charge is 2.32. The Bertz CT molecular complexity index is 626. The summed E-state index contributed by atoms with van der Waals surface area (Å²) >= 11 is 0. The van der Waals surface area contributed by atoms with Gasteiger partial charge < -0.3 is 9.15 Å². The van der Waals surface area contributed by atoms with Crippen molar-refractivity contribution in [3.05, 3.63) is 71.9 Å². The number of furan rings is 1. The van der Waals surface area contributed by atoms with Crippen molar-refractivity contribution in [2.75, 3.05) is 7.11 Å². The Hall–Kier alpha value is -2.29. The first-order chi connectivity index (χ1) is 10.3. The molecule has 3 heteroatoms. The van der Waals surface area contributed by atoms with E-state index in [9.17, 15) is 4.79 Å². The lowest BCUT2D eigenvalue weighted by Gasteiger charge is -2.24. The van der Waals surface area contributed by atoms with Crippen molar-refractivity contribution in [1.29, 1.82) is 0 Å². The second-order valence-electron chi connectivity index (χ2n) is 5.33. The summed E-state index contributed by atoms with van der Waals surface area (Å²) in [6.45, 7) is 0. The van der Waals surface area contributed by atoms with Gasteiger partial charge in [0.25, 0.3) is 0 Å². The number of ether oxygens (including phenoxy) is 1. The average molecular weight is 282 g/mol. The van der Waals surface area contributed by atoms with Crippen molar-refractivity contribution >= 4 is 5.78 Å². The van der Waals surface area contributed by atoms with E-state index in [1.807, 2.05) is 30.3 Å². The molecular weight excluding hydrogens is 264 g/mol. The highest BCUT2D eigenvalue weighted by atomic mass is 16.5. The number of ketones is 1. The van der Waals surface area contributed by atoms with Crippen LogP contribution in [0.3, 0.4) is 0 Å².